The van der Waals surface area contributed by atoms with Crippen molar-refractivity contribution in [1.82, 2.24) is 4.98 Å². The molecule has 0 unspecified atom stereocenters. The second-order valence-corrected chi connectivity index (χ2v) is 5.80. The summed E-state index contributed by atoms with van der Waals surface area (Å²) in [5.41, 5.74) is 2.49. The Morgan fingerprint density at radius 3 is 2.75 bits per heavy atom. The van der Waals surface area contributed by atoms with E-state index in [1.54, 1.807) is 25.7 Å². The molecule has 5 nitrogen and oxygen atoms in total. The summed E-state index contributed by atoms with van der Waals surface area (Å²) in [6, 6.07) is 12.0. The third-order valence-electron chi connectivity index (χ3n) is 3.32. The molecule has 0 aliphatic rings. The van der Waals surface area contributed by atoms with Gasteiger partial charge in [-0.05, 0) is 24.8 Å². The summed E-state index contributed by atoms with van der Waals surface area (Å²) in [4.78, 5) is 21.7. The van der Waals surface area contributed by atoms with Gasteiger partial charge in [-0.2, -0.15) is 0 Å². The van der Waals surface area contributed by atoms with Gasteiger partial charge in [-0.25, -0.2) is 9.78 Å². The van der Waals surface area contributed by atoms with Crippen molar-refractivity contribution < 1.29 is 9.53 Å². The molecule has 6 heteroatoms. The molecule has 1 aromatic carbocycles. The van der Waals surface area contributed by atoms with E-state index in [1.807, 2.05) is 30.5 Å². The number of nitrogens with one attached hydrogen (secondary N) is 1. The maximum atomic E-state index is 12.2. The third-order valence-corrected chi connectivity index (χ3v) is 4.12. The van der Waals surface area contributed by atoms with Crippen LogP contribution in [0.25, 0.3) is 0 Å². The standard InChI is InChI=1S/C18H21N3O2S/c1-4-23-18(22)14-11-16(24-3)15(21-17(14)20-12-19-2)10-13-8-6-5-7-9-13/h5-9,11-12H,4,10H2,1-3H3,(H,19,20,21). The highest BCUT2D eigenvalue weighted by atomic mass is 32.2. The first-order chi connectivity index (χ1) is 11.7. The van der Waals surface area contributed by atoms with E-state index in [-0.39, 0.29) is 0 Å². The van der Waals surface area contributed by atoms with Crippen molar-refractivity contribution >= 4 is 29.9 Å². The molecule has 0 radical (unpaired) electrons. The van der Waals surface area contributed by atoms with Crippen LogP contribution in [0.2, 0.25) is 0 Å². The molecular weight excluding hydrogens is 322 g/mol. The lowest BCUT2D eigenvalue weighted by Crippen LogP contribution is -2.13. The fourth-order valence-electron chi connectivity index (χ4n) is 2.23. The number of aromatic nitrogens is 1. The number of pyridine rings is 1. The maximum absolute atomic E-state index is 12.2. The van der Waals surface area contributed by atoms with Gasteiger partial charge < -0.3 is 10.1 Å². The van der Waals surface area contributed by atoms with E-state index < -0.39 is 5.97 Å². The number of aliphatic imine (C=N–C) groups is 1. The molecule has 126 valence electrons. The zero-order valence-corrected chi connectivity index (χ0v) is 14.9. The molecule has 0 atom stereocenters. The lowest BCUT2D eigenvalue weighted by molar-refractivity contribution is 0.0527. The Morgan fingerprint density at radius 1 is 1.38 bits per heavy atom. The number of esters is 1. The van der Waals surface area contributed by atoms with Crippen LogP contribution in [0.3, 0.4) is 0 Å². The number of benzene rings is 1. The van der Waals surface area contributed by atoms with Gasteiger partial charge in [0, 0.05) is 18.4 Å². The largest absolute Gasteiger partial charge is 0.462 e. The second kappa shape index (κ2) is 9.08. The van der Waals surface area contributed by atoms with Gasteiger partial charge >= 0.3 is 5.97 Å². The first kappa shape index (κ1) is 18.0. The van der Waals surface area contributed by atoms with Gasteiger partial charge in [-0.15, -0.1) is 11.8 Å². The summed E-state index contributed by atoms with van der Waals surface area (Å²) in [7, 11) is 1.65. The normalized spacial score (nSPS) is 10.8. The quantitative estimate of drug-likeness (QED) is 0.360. The van der Waals surface area contributed by atoms with Gasteiger partial charge in [0.15, 0.2) is 0 Å². The van der Waals surface area contributed by atoms with Crippen molar-refractivity contribution in [3.8, 4) is 0 Å². The van der Waals surface area contributed by atoms with Crippen molar-refractivity contribution in [1.29, 1.82) is 0 Å². The van der Waals surface area contributed by atoms with Crippen molar-refractivity contribution in [2.45, 2.75) is 18.2 Å². The van der Waals surface area contributed by atoms with Crippen LogP contribution < -0.4 is 5.32 Å². The molecule has 0 fully saturated rings. The maximum Gasteiger partial charge on any atom is 0.341 e. The van der Waals surface area contributed by atoms with E-state index >= 15 is 0 Å². The Bertz CT molecular complexity index is 718. The highest BCUT2D eigenvalue weighted by Gasteiger charge is 2.18. The fraction of sp³-hybridized carbons (Fsp3) is 0.278. The minimum Gasteiger partial charge on any atom is -0.462 e. The Morgan fingerprint density at radius 2 is 2.12 bits per heavy atom. The summed E-state index contributed by atoms with van der Waals surface area (Å²) >= 11 is 1.57. The number of nitrogens with zero attached hydrogens (tertiary/aromatic N) is 2. The van der Waals surface area contributed by atoms with E-state index in [9.17, 15) is 4.79 Å². The molecular formula is C18H21N3O2S. The van der Waals surface area contributed by atoms with Crippen LogP contribution in [0.1, 0.15) is 28.5 Å². The minimum atomic E-state index is -0.390. The Hall–Kier alpha value is -2.34. The number of hydrogen-bond acceptors (Lipinski definition) is 5. The van der Waals surface area contributed by atoms with Crippen molar-refractivity contribution in [3.05, 3.63) is 53.2 Å². The number of carbonyl (C=O) groups excluding carboxylic acids is 1. The number of carbonyl (C=O) groups is 1. The molecule has 1 heterocycles. The molecule has 2 rings (SSSR count). The van der Waals surface area contributed by atoms with Crippen LogP contribution in [0.5, 0.6) is 0 Å². The Kier molecular flexibility index (Phi) is 6.81. The first-order valence-electron chi connectivity index (χ1n) is 7.65. The van der Waals surface area contributed by atoms with Crippen LogP contribution in [-0.4, -0.2) is 37.2 Å². The molecule has 0 saturated heterocycles. The van der Waals surface area contributed by atoms with Gasteiger partial charge in [0.05, 0.1) is 18.6 Å². The molecule has 0 saturated carbocycles. The molecule has 0 aliphatic carbocycles. The number of hydrogen-bond donors (Lipinski definition) is 1. The van der Waals surface area contributed by atoms with Gasteiger partial charge in [-0.3, -0.25) is 4.99 Å². The molecule has 0 aliphatic heterocycles. The van der Waals surface area contributed by atoms with Crippen LogP contribution in [0.15, 0.2) is 46.3 Å². The average molecular weight is 343 g/mol. The van der Waals surface area contributed by atoms with Gasteiger partial charge in [0.1, 0.15) is 11.4 Å². The first-order valence-corrected chi connectivity index (χ1v) is 8.88. The van der Waals surface area contributed by atoms with Crippen molar-refractivity contribution in [3.63, 3.8) is 0 Å². The average Bonchev–Trinajstić information content (AvgIpc) is 2.61. The monoisotopic (exact) mass is 343 g/mol. The van der Waals surface area contributed by atoms with E-state index in [2.05, 4.69) is 27.4 Å². The SMILES string of the molecule is CCOC(=O)c1cc(SC)c(Cc2ccccc2)nc1NC=NC. The zero-order valence-electron chi connectivity index (χ0n) is 14.1. The van der Waals surface area contributed by atoms with Crippen LogP contribution in [0, 0.1) is 0 Å². The van der Waals surface area contributed by atoms with Crippen LogP contribution >= 0.6 is 11.8 Å². The van der Waals surface area contributed by atoms with Crippen LogP contribution in [-0.2, 0) is 11.2 Å². The predicted octanol–water partition coefficient (Wildman–Crippen LogP) is 3.64. The molecule has 24 heavy (non-hydrogen) atoms. The van der Waals surface area contributed by atoms with Crippen molar-refractivity contribution in [2.24, 2.45) is 4.99 Å². The lowest BCUT2D eigenvalue weighted by Gasteiger charge is -2.13. The molecule has 0 spiro atoms. The summed E-state index contributed by atoms with van der Waals surface area (Å²) in [5, 5.41) is 2.97. The third kappa shape index (κ3) is 4.58. The summed E-state index contributed by atoms with van der Waals surface area (Å²) in [6.07, 6.45) is 4.18. The molecule has 0 bridgehead atoms. The van der Waals surface area contributed by atoms with E-state index in [1.165, 1.54) is 11.9 Å². The summed E-state index contributed by atoms with van der Waals surface area (Å²) in [6.45, 7) is 2.10. The smallest absolute Gasteiger partial charge is 0.341 e. The Balaban J connectivity index is 2.44. The van der Waals surface area contributed by atoms with Gasteiger partial charge in [0.25, 0.3) is 0 Å². The van der Waals surface area contributed by atoms with Crippen LogP contribution in [0.4, 0.5) is 5.82 Å². The summed E-state index contributed by atoms with van der Waals surface area (Å²) in [5.74, 6) is 0.0707. The van der Waals surface area contributed by atoms with Crippen molar-refractivity contribution in [2.75, 3.05) is 25.2 Å². The fourth-order valence-corrected chi connectivity index (χ4v) is 2.81. The van der Waals surface area contributed by atoms with E-state index in [4.69, 9.17) is 4.74 Å². The highest BCUT2D eigenvalue weighted by Crippen LogP contribution is 2.27. The zero-order chi connectivity index (χ0) is 17.4. The Labute approximate surface area is 146 Å². The number of anilines is 1. The molecule has 1 aromatic heterocycles. The van der Waals surface area contributed by atoms with Gasteiger partial charge in [-0.1, -0.05) is 30.3 Å². The molecule has 0 amide bonds. The highest BCUT2D eigenvalue weighted by molar-refractivity contribution is 7.98. The topological polar surface area (TPSA) is 63.6 Å². The number of rotatable bonds is 7. The van der Waals surface area contributed by atoms with E-state index in [0.29, 0.717) is 24.4 Å². The predicted molar refractivity (Wildman–Crippen MR) is 99.3 cm³/mol. The second-order valence-electron chi connectivity index (χ2n) is 4.95. The molecule has 1 N–H and O–H groups in total. The molecule has 2 aromatic rings. The number of ether oxygens (including phenoxy) is 1. The minimum absolute atomic E-state index is 0.320. The van der Waals surface area contributed by atoms with E-state index in [0.717, 1.165) is 10.6 Å². The number of thioether (sulfide) groups is 1. The lowest BCUT2D eigenvalue weighted by atomic mass is 10.1. The summed E-state index contributed by atoms with van der Waals surface area (Å²) < 4.78 is 5.13. The van der Waals surface area contributed by atoms with Gasteiger partial charge in [0.2, 0.25) is 0 Å².